The SMILES string of the molecule is CC[C@H](C)C([C@@H](CC(=O)N1C[C@@H](NC(=O)OCc2ccc(NC(=O)C(CCCNC(N)=O)NC(=O)[C@@H](NC(=O)CCCCCN3C(=O)CC(SCC4(CC(=O)O)CC4)C3=O)C(C)C)cc2)C[C@H]1[C@H](OC)[C@@H](C)C(=O)NCC(=O)c1cccc(OC)c1)OC)N(C)C(=O)[C@@H](NC(=O)[C@H](C(C)C)N(C)C)C(C)C. The number of ketones is 1. The predicted molar refractivity (Wildman–Crippen MR) is 399 cm³/mol. The minimum absolute atomic E-state index is 0.0385. The largest absolute Gasteiger partial charge is 0.497 e. The molecular formula is C75H116N12O18S. The van der Waals surface area contributed by atoms with Crippen molar-refractivity contribution in [3.63, 3.8) is 0 Å². The van der Waals surface area contributed by atoms with E-state index in [1.165, 1.54) is 42.9 Å². The fraction of sp³-hybridized carbons (Fsp3) is 0.667. The van der Waals surface area contributed by atoms with Gasteiger partial charge >= 0.3 is 18.1 Å². The number of unbranched alkanes of at least 4 members (excludes halogenated alkanes) is 2. The number of thioether (sulfide) groups is 1. The number of likely N-dealkylation sites (tertiary alicyclic amines) is 2. The van der Waals surface area contributed by atoms with E-state index in [2.05, 4.69) is 37.2 Å². The molecule has 2 aromatic carbocycles. The van der Waals surface area contributed by atoms with E-state index in [4.69, 9.17) is 24.7 Å². The summed E-state index contributed by atoms with van der Waals surface area (Å²) in [7, 11) is 9.59. The van der Waals surface area contributed by atoms with Crippen molar-refractivity contribution in [2.45, 2.75) is 212 Å². The van der Waals surface area contributed by atoms with Crippen LogP contribution in [0.25, 0.3) is 0 Å². The number of anilines is 1. The summed E-state index contributed by atoms with van der Waals surface area (Å²) in [4.78, 5) is 181. The number of likely N-dealkylation sites (N-methyl/N-ethyl adjacent to an activating group) is 2. The number of carboxylic acids is 1. The number of alkyl carbamates (subject to hydrolysis) is 1. The number of nitrogens with zero attached hydrogens (tertiary/aromatic N) is 4. The molecule has 3 aliphatic rings. The molecule has 590 valence electrons. The fourth-order valence-corrected chi connectivity index (χ4v) is 15.2. The summed E-state index contributed by atoms with van der Waals surface area (Å²) >= 11 is 1.34. The number of rotatable bonds is 45. The summed E-state index contributed by atoms with van der Waals surface area (Å²) in [5, 5.41) is 28.1. The summed E-state index contributed by atoms with van der Waals surface area (Å²) in [5.74, 6) is -6.11. The van der Waals surface area contributed by atoms with Crippen LogP contribution < -0.4 is 47.7 Å². The molecule has 12 atom stereocenters. The van der Waals surface area contributed by atoms with E-state index < -0.39 is 119 Å². The average molecular weight is 1510 g/mol. The number of carbonyl (C=O) groups is 13. The molecule has 31 heteroatoms. The third-order valence-electron chi connectivity index (χ3n) is 20.1. The molecule has 30 nitrogen and oxygen atoms in total. The molecule has 2 heterocycles. The summed E-state index contributed by atoms with van der Waals surface area (Å²) in [6.07, 6.45) is 1.06. The van der Waals surface area contributed by atoms with Crippen molar-refractivity contribution in [1.29, 1.82) is 0 Å². The molecule has 2 saturated heterocycles. The second-order valence-corrected chi connectivity index (χ2v) is 30.7. The van der Waals surface area contributed by atoms with E-state index in [0.717, 1.165) is 12.8 Å². The molecule has 3 unspecified atom stereocenters. The highest BCUT2D eigenvalue weighted by Crippen LogP contribution is 2.52. The fourth-order valence-electron chi connectivity index (χ4n) is 13.8. The summed E-state index contributed by atoms with van der Waals surface area (Å²) in [6.45, 7) is 16.2. The third-order valence-corrected chi connectivity index (χ3v) is 21.7. The van der Waals surface area contributed by atoms with Crippen molar-refractivity contribution in [3.8, 4) is 5.75 Å². The number of methoxy groups -OCH3 is 3. The Morgan fingerprint density at radius 2 is 1.45 bits per heavy atom. The normalized spacial score (nSPS) is 18.7. The number of nitrogens with one attached hydrogen (secondary N) is 7. The molecule has 0 bridgehead atoms. The average Bonchev–Trinajstić information content (AvgIpc) is 1.62. The summed E-state index contributed by atoms with van der Waals surface area (Å²) in [5.41, 5.74) is 6.11. The van der Waals surface area contributed by atoms with Crippen molar-refractivity contribution in [2.24, 2.45) is 40.7 Å². The van der Waals surface area contributed by atoms with Gasteiger partial charge in [0.15, 0.2) is 5.78 Å². The first kappa shape index (κ1) is 88.2. The standard InChI is InChI=1S/C75H116N12O18S/c1-16-46(8)65(85(12)72(99)63(44(4)5)83-70(97)64(45(6)7)84(10)11)56(103-14)36-59(90)87-40-51(35-54(87)66(104-15)47(9)67(94)78-39-55(88)49-22-20-23-52(34-49)102-13)80-74(101)105-41-48-26-28-50(29-27-48)79-68(95)53(24-21-32-77-73(76)100)81-69(96)62(43(2)3)82-58(89)25-18-17-19-33-86-60(91)37-57(71(86)98)106-42-75(30-31-75)38-61(92)93/h20,22-23,26-29,34,43-47,51,53-54,56-57,62-66H,16-19,21,24-25,30-33,35-42H2,1-15H3,(H,78,94)(H,79,95)(H,80,101)(H,81,96)(H,82,89)(H,83,97)(H,92,93)(H3,76,77,100)/t46-,47+,51-,53?,54-,56+,57?,62-,63-,64-,65?,66+/m0/s1. The second-order valence-electron chi connectivity index (χ2n) is 29.6. The highest BCUT2D eigenvalue weighted by molar-refractivity contribution is 8.00. The zero-order chi connectivity index (χ0) is 78.9. The van der Waals surface area contributed by atoms with Gasteiger partial charge in [0.05, 0.1) is 74.0 Å². The maximum atomic E-state index is 15.1. The lowest BCUT2D eigenvalue weighted by atomic mass is 9.89. The first-order chi connectivity index (χ1) is 50.1. The molecule has 5 rings (SSSR count). The Balaban J connectivity index is 1.24. The van der Waals surface area contributed by atoms with E-state index in [1.807, 2.05) is 46.4 Å². The van der Waals surface area contributed by atoms with Crippen molar-refractivity contribution >= 4 is 94.5 Å². The summed E-state index contributed by atoms with van der Waals surface area (Å²) in [6, 6.07) is 6.20. The molecule has 106 heavy (non-hydrogen) atoms. The van der Waals surface area contributed by atoms with Crippen LogP contribution in [0.15, 0.2) is 48.5 Å². The van der Waals surface area contributed by atoms with Crippen LogP contribution in [0.3, 0.4) is 0 Å². The van der Waals surface area contributed by atoms with Gasteiger partial charge in [0.1, 0.15) is 30.5 Å². The lowest BCUT2D eigenvalue weighted by Gasteiger charge is -2.41. The molecule has 2 aromatic rings. The number of urea groups is 1. The number of carbonyl (C=O) groups excluding carboxylic acids is 12. The monoisotopic (exact) mass is 1500 g/mol. The van der Waals surface area contributed by atoms with Crippen molar-refractivity contribution in [1.82, 2.24) is 51.5 Å². The number of ether oxygens (including phenoxy) is 4. The highest BCUT2D eigenvalue weighted by atomic mass is 32.2. The van der Waals surface area contributed by atoms with Gasteiger partial charge in [-0.05, 0) is 118 Å². The van der Waals surface area contributed by atoms with Crippen molar-refractivity contribution in [3.05, 3.63) is 59.7 Å². The van der Waals surface area contributed by atoms with Crippen LogP contribution in [0.1, 0.15) is 162 Å². The summed E-state index contributed by atoms with van der Waals surface area (Å²) < 4.78 is 23.2. The van der Waals surface area contributed by atoms with Crippen LogP contribution in [0.2, 0.25) is 0 Å². The number of amides is 12. The van der Waals surface area contributed by atoms with Crippen LogP contribution in [0, 0.1) is 35.0 Å². The Bertz CT molecular complexity index is 3350. The van der Waals surface area contributed by atoms with Crippen LogP contribution >= 0.6 is 11.8 Å². The minimum atomic E-state index is -1.15. The number of benzene rings is 2. The van der Waals surface area contributed by atoms with Gasteiger partial charge in [0.25, 0.3) is 0 Å². The lowest BCUT2D eigenvalue weighted by Crippen LogP contribution is -2.59. The molecule has 10 N–H and O–H groups in total. The maximum Gasteiger partial charge on any atom is 0.407 e. The Morgan fingerprint density at radius 3 is 2.04 bits per heavy atom. The molecule has 0 aromatic heterocycles. The Hall–Kier alpha value is -8.42. The topological polar surface area (TPSA) is 402 Å². The number of hydrogen-bond acceptors (Lipinski definition) is 19. The Kier molecular flexibility index (Phi) is 35.1. The van der Waals surface area contributed by atoms with Crippen LogP contribution in [-0.4, -0.2) is 236 Å². The van der Waals surface area contributed by atoms with E-state index in [-0.39, 0.29) is 130 Å². The van der Waals surface area contributed by atoms with Gasteiger partial charge in [-0.15, -0.1) is 11.8 Å². The number of hydrogen-bond donors (Lipinski definition) is 9. The predicted octanol–water partition coefficient (Wildman–Crippen LogP) is 5.23. The molecular weight excluding hydrogens is 1390 g/mol. The van der Waals surface area contributed by atoms with Crippen molar-refractivity contribution in [2.75, 3.05) is 79.7 Å². The van der Waals surface area contributed by atoms with E-state index in [1.54, 1.807) is 95.3 Å². The number of primary amides is 1. The first-order valence-corrected chi connectivity index (χ1v) is 37.8. The number of imide groups is 1. The molecule has 3 fully saturated rings. The number of Topliss-reactive ketones (excluding diaryl/α,β-unsaturated/α-hetero) is 1. The Morgan fingerprint density at radius 1 is 0.774 bits per heavy atom. The number of carboxylic acid groups (broad SMARTS) is 1. The van der Waals surface area contributed by atoms with E-state index in [9.17, 15) is 62.6 Å². The van der Waals surface area contributed by atoms with Crippen LogP contribution in [0.4, 0.5) is 15.3 Å². The second kappa shape index (κ2) is 42.2. The van der Waals surface area contributed by atoms with Gasteiger partial charge in [-0.3, -0.25) is 62.5 Å². The zero-order valence-electron chi connectivity index (χ0n) is 64.4. The van der Waals surface area contributed by atoms with Gasteiger partial charge in [-0.1, -0.05) is 99.4 Å². The smallest absolute Gasteiger partial charge is 0.407 e. The van der Waals surface area contributed by atoms with Crippen molar-refractivity contribution < 1.29 is 86.4 Å². The number of aliphatic carboxylic acids is 1. The molecule has 0 radical (unpaired) electrons. The third kappa shape index (κ3) is 26.2. The molecule has 1 aliphatic carbocycles. The highest BCUT2D eigenvalue weighted by Gasteiger charge is 2.49. The van der Waals surface area contributed by atoms with Gasteiger partial charge < -0.3 is 76.8 Å². The minimum Gasteiger partial charge on any atom is -0.497 e. The van der Waals surface area contributed by atoms with Crippen LogP contribution in [0.5, 0.6) is 5.75 Å². The van der Waals surface area contributed by atoms with Gasteiger partial charge in [-0.25, -0.2) is 9.59 Å². The quantitative estimate of drug-likeness (QED) is 0.0233. The maximum absolute atomic E-state index is 15.1. The van der Waals surface area contributed by atoms with Gasteiger partial charge in [0.2, 0.25) is 53.2 Å². The van der Waals surface area contributed by atoms with E-state index >= 15 is 4.79 Å². The van der Waals surface area contributed by atoms with Crippen LogP contribution in [-0.2, 0) is 68.8 Å². The van der Waals surface area contributed by atoms with Gasteiger partial charge in [-0.2, -0.15) is 0 Å². The van der Waals surface area contributed by atoms with E-state index in [0.29, 0.717) is 54.0 Å². The number of nitrogens with two attached hydrogens (primary N) is 1. The Labute approximate surface area is 627 Å². The lowest BCUT2D eigenvalue weighted by molar-refractivity contribution is -0.148. The first-order valence-electron chi connectivity index (χ1n) is 36.8. The molecule has 1 saturated carbocycles. The van der Waals surface area contributed by atoms with Gasteiger partial charge in [0, 0.05) is 70.7 Å². The molecule has 0 spiro atoms. The molecule has 12 amide bonds. The zero-order valence-corrected chi connectivity index (χ0v) is 65.2. The molecule has 2 aliphatic heterocycles.